The molecule has 6 nitrogen and oxygen atoms in total. The normalized spacial score (nSPS) is 13.6. The molecule has 0 fully saturated rings. The van der Waals surface area contributed by atoms with E-state index in [0.29, 0.717) is 27.1 Å². The molecule has 1 aliphatic rings. The van der Waals surface area contributed by atoms with Crippen molar-refractivity contribution in [2.24, 2.45) is 0 Å². The topological polar surface area (TPSA) is 91.8 Å². The summed E-state index contributed by atoms with van der Waals surface area (Å²) in [6, 6.07) is 23.5. The largest absolute Gasteiger partial charge is 0.339 e. The molecule has 182 valence electrons. The number of benzene rings is 3. The van der Waals surface area contributed by atoms with E-state index in [4.69, 9.17) is 28.2 Å². The smallest absolute Gasteiger partial charge is 0.271 e. The summed E-state index contributed by atoms with van der Waals surface area (Å²) in [5.41, 5.74) is 6.29. The van der Waals surface area contributed by atoms with Gasteiger partial charge >= 0.3 is 0 Å². The molecule has 0 unspecified atom stereocenters. The lowest BCUT2D eigenvalue weighted by Gasteiger charge is -2.24. The summed E-state index contributed by atoms with van der Waals surface area (Å²) in [5.74, 6) is 0.343. The third-order valence-electron chi connectivity index (χ3n) is 6.25. The van der Waals surface area contributed by atoms with Gasteiger partial charge in [-0.3, -0.25) is 10.1 Å². The van der Waals surface area contributed by atoms with Crippen LogP contribution in [0.3, 0.4) is 0 Å². The lowest BCUT2D eigenvalue weighted by Crippen LogP contribution is -2.11. The molecule has 0 radical (unpaired) electrons. The average molecular weight is 527 g/mol. The summed E-state index contributed by atoms with van der Waals surface area (Å²) in [4.78, 5) is 15.8. The van der Waals surface area contributed by atoms with E-state index >= 15 is 0 Å². The first-order valence-electron chi connectivity index (χ1n) is 11.6. The first kappa shape index (κ1) is 24.5. The summed E-state index contributed by atoms with van der Waals surface area (Å²) in [6.45, 7) is 0. The summed E-state index contributed by atoms with van der Waals surface area (Å²) in [6.07, 6.45) is 4.60. The van der Waals surface area contributed by atoms with Gasteiger partial charge in [0.2, 0.25) is 0 Å². The fourth-order valence-electron chi connectivity index (χ4n) is 4.58. The Balaban J connectivity index is 1.72. The lowest BCUT2D eigenvalue weighted by molar-refractivity contribution is -0.384. The van der Waals surface area contributed by atoms with Crippen molar-refractivity contribution in [2.75, 3.05) is 5.32 Å². The molecule has 0 aliphatic heterocycles. The number of allylic oxidation sites excluding steroid dienone is 1. The monoisotopic (exact) mass is 526 g/mol. The first-order valence-corrected chi connectivity index (χ1v) is 12.4. The van der Waals surface area contributed by atoms with Gasteiger partial charge in [0.15, 0.2) is 0 Å². The predicted molar refractivity (Wildman–Crippen MR) is 148 cm³/mol. The fourth-order valence-corrected chi connectivity index (χ4v) is 4.83. The van der Waals surface area contributed by atoms with Crippen LogP contribution < -0.4 is 5.32 Å². The number of nitrogens with one attached hydrogen (secondary N) is 1. The Morgan fingerprint density at radius 2 is 1.70 bits per heavy atom. The number of nitro benzene ring substituents is 1. The number of halogens is 2. The second-order valence-electron chi connectivity index (χ2n) is 8.66. The third kappa shape index (κ3) is 5.19. The number of pyridine rings is 1. The second-order valence-corrected chi connectivity index (χ2v) is 9.54. The number of fused-ring (bicyclic) bond motifs is 1. The Kier molecular flexibility index (Phi) is 6.91. The minimum Gasteiger partial charge on any atom is -0.339 e. The molecule has 8 heteroatoms. The number of hydrogen-bond donors (Lipinski definition) is 1. The number of rotatable bonds is 5. The van der Waals surface area contributed by atoms with Crippen LogP contribution >= 0.6 is 23.2 Å². The quantitative estimate of drug-likeness (QED) is 0.208. The van der Waals surface area contributed by atoms with Crippen LogP contribution in [0.5, 0.6) is 0 Å². The van der Waals surface area contributed by atoms with Gasteiger partial charge in [-0.1, -0.05) is 53.5 Å². The fraction of sp³-hybridized carbons (Fsp3) is 0.103. The second kappa shape index (κ2) is 10.4. The van der Waals surface area contributed by atoms with Crippen LogP contribution in [0.15, 0.2) is 72.8 Å². The Morgan fingerprint density at radius 1 is 1.00 bits per heavy atom. The zero-order valence-corrected chi connectivity index (χ0v) is 21.1. The Bertz CT molecular complexity index is 1570. The minimum atomic E-state index is -0.456. The van der Waals surface area contributed by atoms with Crippen molar-refractivity contribution >= 4 is 52.0 Å². The van der Waals surface area contributed by atoms with E-state index < -0.39 is 4.92 Å². The number of nitro groups is 1. The molecule has 1 aliphatic carbocycles. The number of nitriles is 1. The van der Waals surface area contributed by atoms with Crippen LogP contribution in [0.25, 0.3) is 22.8 Å². The highest BCUT2D eigenvalue weighted by Crippen LogP contribution is 2.42. The van der Waals surface area contributed by atoms with Crippen molar-refractivity contribution in [2.45, 2.75) is 19.3 Å². The molecule has 3 aromatic carbocycles. The van der Waals surface area contributed by atoms with Gasteiger partial charge in [-0.05, 0) is 77.9 Å². The van der Waals surface area contributed by atoms with Gasteiger partial charge in [-0.2, -0.15) is 5.26 Å². The van der Waals surface area contributed by atoms with E-state index in [0.717, 1.165) is 52.8 Å². The zero-order valence-electron chi connectivity index (χ0n) is 19.5. The van der Waals surface area contributed by atoms with E-state index in [-0.39, 0.29) is 5.69 Å². The Hall–Kier alpha value is -4.18. The van der Waals surface area contributed by atoms with Crippen molar-refractivity contribution < 1.29 is 4.92 Å². The standard InChI is InChI=1S/C29H20Cl2N4O2/c30-21-11-7-18(8-12-21)15-20-3-1-6-25-27(19-9-13-22(31)14-10-19)26(17-32)29(34-28(20)25)33-23-4-2-5-24(16-23)35(36)37/h2,4-5,7-16H,1,3,6H2,(H,33,34)/b20-15+. The summed E-state index contributed by atoms with van der Waals surface area (Å²) < 4.78 is 0. The van der Waals surface area contributed by atoms with Crippen molar-refractivity contribution in [3.05, 3.63) is 115 Å². The van der Waals surface area contributed by atoms with Crippen molar-refractivity contribution in [3.63, 3.8) is 0 Å². The molecule has 1 heterocycles. The van der Waals surface area contributed by atoms with Gasteiger partial charge in [0, 0.05) is 33.4 Å². The van der Waals surface area contributed by atoms with Gasteiger partial charge < -0.3 is 5.32 Å². The highest BCUT2D eigenvalue weighted by atomic mass is 35.5. The van der Waals surface area contributed by atoms with Crippen LogP contribution in [0, 0.1) is 21.4 Å². The van der Waals surface area contributed by atoms with E-state index in [1.807, 2.05) is 36.4 Å². The number of hydrogen-bond acceptors (Lipinski definition) is 5. The maximum atomic E-state index is 11.3. The van der Waals surface area contributed by atoms with Gasteiger partial charge in [0.25, 0.3) is 5.69 Å². The Labute approximate surface area is 224 Å². The first-order chi connectivity index (χ1) is 17.9. The molecule has 1 N–H and O–H groups in total. The highest BCUT2D eigenvalue weighted by molar-refractivity contribution is 6.30. The molecular weight excluding hydrogens is 507 g/mol. The van der Waals surface area contributed by atoms with Crippen molar-refractivity contribution in [1.29, 1.82) is 5.26 Å². The maximum Gasteiger partial charge on any atom is 0.271 e. The van der Waals surface area contributed by atoms with Crippen LogP contribution in [0.4, 0.5) is 17.2 Å². The number of aromatic nitrogens is 1. The molecule has 0 bridgehead atoms. The van der Waals surface area contributed by atoms with Crippen molar-refractivity contribution in [3.8, 4) is 17.2 Å². The van der Waals surface area contributed by atoms with Crippen LogP contribution in [-0.4, -0.2) is 9.91 Å². The van der Waals surface area contributed by atoms with Crippen LogP contribution in [0.2, 0.25) is 10.0 Å². The molecule has 0 saturated carbocycles. The Morgan fingerprint density at radius 3 is 2.38 bits per heavy atom. The molecule has 0 amide bonds. The van der Waals surface area contributed by atoms with Crippen molar-refractivity contribution in [1.82, 2.24) is 4.98 Å². The lowest BCUT2D eigenvalue weighted by atomic mass is 9.83. The van der Waals surface area contributed by atoms with Gasteiger partial charge in [0.1, 0.15) is 17.5 Å². The van der Waals surface area contributed by atoms with Gasteiger partial charge in [-0.25, -0.2) is 4.98 Å². The zero-order chi connectivity index (χ0) is 25.9. The molecule has 1 aromatic heterocycles. The third-order valence-corrected chi connectivity index (χ3v) is 6.75. The highest BCUT2D eigenvalue weighted by Gasteiger charge is 2.26. The number of anilines is 2. The van der Waals surface area contributed by atoms with E-state index in [1.54, 1.807) is 24.3 Å². The van der Waals surface area contributed by atoms with Gasteiger partial charge in [-0.15, -0.1) is 0 Å². The summed E-state index contributed by atoms with van der Waals surface area (Å²) in [5, 5.41) is 26.0. The molecule has 5 rings (SSSR count). The summed E-state index contributed by atoms with van der Waals surface area (Å²) in [7, 11) is 0. The SMILES string of the molecule is N#Cc1c(Nc2cccc([N+](=O)[O-])c2)nc2c(c1-c1ccc(Cl)cc1)CCC/C2=C\c1ccc(Cl)cc1. The molecule has 4 aromatic rings. The van der Waals surface area contributed by atoms with E-state index in [9.17, 15) is 15.4 Å². The maximum absolute atomic E-state index is 11.3. The molecular formula is C29H20Cl2N4O2. The van der Waals surface area contributed by atoms with Gasteiger partial charge in [0.05, 0.1) is 10.6 Å². The summed E-state index contributed by atoms with van der Waals surface area (Å²) >= 11 is 12.2. The molecule has 0 saturated heterocycles. The minimum absolute atomic E-state index is 0.0530. The number of non-ortho nitro benzene ring substituents is 1. The molecule has 0 spiro atoms. The average Bonchev–Trinajstić information content (AvgIpc) is 2.90. The predicted octanol–water partition coefficient (Wildman–Crippen LogP) is 8.46. The van der Waals surface area contributed by atoms with Crippen LogP contribution in [0.1, 0.15) is 35.2 Å². The van der Waals surface area contributed by atoms with E-state index in [2.05, 4.69) is 17.5 Å². The molecule has 0 atom stereocenters. The van der Waals surface area contributed by atoms with E-state index in [1.165, 1.54) is 12.1 Å². The van der Waals surface area contributed by atoms with Crippen LogP contribution in [-0.2, 0) is 6.42 Å². The molecule has 37 heavy (non-hydrogen) atoms. The number of nitrogens with zero attached hydrogens (tertiary/aromatic N) is 3.